The van der Waals surface area contributed by atoms with Crippen LogP contribution in [0, 0.1) is 22.7 Å². The zero-order valence-corrected chi connectivity index (χ0v) is 30.0. The molecule has 5 heterocycles. The second kappa shape index (κ2) is 10.6. The van der Waals surface area contributed by atoms with E-state index in [9.17, 15) is 39.6 Å². The number of rotatable bonds is 2. The Kier molecular flexibility index (Phi) is 7.23. The van der Waals surface area contributed by atoms with Gasteiger partial charge in [-0.3, -0.25) is 9.59 Å². The van der Waals surface area contributed by atoms with Crippen molar-refractivity contribution >= 4 is 11.9 Å². The van der Waals surface area contributed by atoms with Crippen molar-refractivity contribution in [3.63, 3.8) is 0 Å². The molecule has 0 amide bonds. The highest BCUT2D eigenvalue weighted by Crippen LogP contribution is 2.68. The van der Waals surface area contributed by atoms with Gasteiger partial charge in [-0.1, -0.05) is 41.5 Å². The van der Waals surface area contributed by atoms with E-state index in [0.29, 0.717) is 46.6 Å². The van der Waals surface area contributed by atoms with Crippen molar-refractivity contribution in [3.05, 3.63) is 66.7 Å². The highest BCUT2D eigenvalue weighted by Gasteiger charge is 2.80. The fraction of sp³-hybridized carbons (Fsp3) is 0.684. The molecule has 5 fully saturated rings. The average Bonchev–Trinajstić information content (AvgIpc) is 3.76. The van der Waals surface area contributed by atoms with Crippen LogP contribution in [0.15, 0.2) is 30.6 Å². The first-order valence-electron chi connectivity index (χ1n) is 17.9. The number of ether oxygens (including phenoxy) is 3. The van der Waals surface area contributed by atoms with Gasteiger partial charge in [0.2, 0.25) is 0 Å². The monoisotopic (exact) mass is 710 g/mol. The van der Waals surface area contributed by atoms with Crippen LogP contribution in [0.1, 0.15) is 126 Å². The molecule has 14 unspecified atom stereocenters. The van der Waals surface area contributed by atoms with Crippen molar-refractivity contribution in [1.82, 2.24) is 0 Å². The van der Waals surface area contributed by atoms with Crippen molar-refractivity contribution in [1.29, 1.82) is 0 Å². The lowest BCUT2D eigenvalue weighted by Gasteiger charge is -2.54. The molecule has 2 aromatic rings. The molecule has 13 heteroatoms. The molecule has 4 N–H and O–H groups in total. The van der Waals surface area contributed by atoms with Gasteiger partial charge in [0.05, 0.1) is 23.7 Å². The van der Waals surface area contributed by atoms with Gasteiger partial charge < -0.3 is 43.5 Å². The Morgan fingerprint density at radius 2 is 1.16 bits per heavy atom. The summed E-state index contributed by atoms with van der Waals surface area (Å²) < 4.78 is 27.8. The lowest BCUT2D eigenvalue weighted by atomic mass is 9.48. The van der Waals surface area contributed by atoms with E-state index in [0.717, 1.165) is 0 Å². The molecule has 14 atom stereocenters. The Hall–Kier alpha value is -3.36. The Balaban J connectivity index is 0.000000147. The summed E-state index contributed by atoms with van der Waals surface area (Å²) in [4.78, 5) is 49.8. The summed E-state index contributed by atoms with van der Waals surface area (Å²) in [6, 6.07) is 2.78. The van der Waals surface area contributed by atoms with E-state index in [1.54, 1.807) is 6.92 Å². The van der Waals surface area contributed by atoms with E-state index in [1.165, 1.54) is 12.1 Å². The second-order valence-electron chi connectivity index (χ2n) is 17.2. The maximum absolute atomic E-state index is 12.7. The van der Waals surface area contributed by atoms with Crippen molar-refractivity contribution in [2.75, 3.05) is 0 Å². The van der Waals surface area contributed by atoms with E-state index >= 15 is 0 Å². The van der Waals surface area contributed by atoms with Gasteiger partial charge in [0.1, 0.15) is 47.5 Å². The first kappa shape index (κ1) is 34.7. The van der Waals surface area contributed by atoms with Gasteiger partial charge in [-0.15, -0.1) is 0 Å². The molecule has 0 spiro atoms. The Morgan fingerprint density at radius 1 is 0.667 bits per heavy atom. The Labute approximate surface area is 293 Å². The fourth-order valence-corrected chi connectivity index (χ4v) is 11.3. The molecule has 276 valence electrons. The maximum Gasteiger partial charge on any atom is 0.336 e. The van der Waals surface area contributed by atoms with Crippen LogP contribution in [0.5, 0.6) is 0 Å². The van der Waals surface area contributed by atoms with Crippen molar-refractivity contribution < 1.29 is 53.1 Å². The predicted molar refractivity (Wildman–Crippen MR) is 176 cm³/mol. The molecule has 9 rings (SSSR count). The first-order valence-corrected chi connectivity index (χ1v) is 17.9. The molecule has 13 nitrogen and oxygen atoms in total. The number of esters is 2. The third-order valence-corrected chi connectivity index (χ3v) is 13.8. The van der Waals surface area contributed by atoms with E-state index in [4.69, 9.17) is 23.0 Å². The maximum atomic E-state index is 12.7. The predicted octanol–water partition coefficient (Wildman–Crippen LogP) is 2.53. The molecule has 0 bridgehead atoms. The standard InChI is InChI=1S/C19H22O7.C19H24O6/c1-6(2)11-9-7(5-8(20)24-11)18(3)14-12(10(9)21)26-17(23)19(14,4)15(22)13-16(18)25-13;1-8(2)14-12-9(7-11(21)24-14)19(4)10(20)5-6-18(3)16(19)15(13(12)22)25-17(18)23/h5-6,10,12-16,21-22H,1-4H3;7-8,10,13,15-16,20,22H,5-6H2,1-4H3. The number of fused-ring (bicyclic) bond motifs is 6. The normalized spacial score (nSPS) is 45.1. The molecule has 3 aliphatic heterocycles. The van der Waals surface area contributed by atoms with Crippen LogP contribution in [0.25, 0.3) is 0 Å². The lowest BCUT2D eigenvalue weighted by Crippen LogP contribution is -2.62. The average molecular weight is 711 g/mol. The fourth-order valence-electron chi connectivity index (χ4n) is 11.3. The van der Waals surface area contributed by atoms with Gasteiger partial charge in [-0.2, -0.15) is 0 Å². The van der Waals surface area contributed by atoms with Crippen LogP contribution in [0.4, 0.5) is 0 Å². The van der Waals surface area contributed by atoms with Crippen LogP contribution in [0.2, 0.25) is 0 Å². The molecule has 2 saturated carbocycles. The van der Waals surface area contributed by atoms with Gasteiger partial charge in [-0.05, 0) is 37.8 Å². The molecule has 3 saturated heterocycles. The quantitative estimate of drug-likeness (QED) is 0.262. The highest BCUT2D eigenvalue weighted by atomic mass is 16.6. The van der Waals surface area contributed by atoms with Crippen molar-refractivity contribution in [2.45, 2.75) is 140 Å². The summed E-state index contributed by atoms with van der Waals surface area (Å²) >= 11 is 0. The van der Waals surface area contributed by atoms with E-state index < -0.39 is 87.5 Å². The van der Waals surface area contributed by atoms with Gasteiger partial charge in [0.15, 0.2) is 0 Å². The smallest absolute Gasteiger partial charge is 0.336 e. The van der Waals surface area contributed by atoms with Crippen LogP contribution in [0.3, 0.4) is 0 Å². The van der Waals surface area contributed by atoms with Gasteiger partial charge >= 0.3 is 23.2 Å². The molecule has 51 heavy (non-hydrogen) atoms. The summed E-state index contributed by atoms with van der Waals surface area (Å²) in [5.41, 5.74) is -2.28. The van der Waals surface area contributed by atoms with Crippen LogP contribution in [-0.2, 0) is 34.6 Å². The zero-order valence-electron chi connectivity index (χ0n) is 30.0. The molecular formula is C38H46O13. The van der Waals surface area contributed by atoms with Crippen LogP contribution < -0.4 is 11.3 Å². The van der Waals surface area contributed by atoms with Crippen LogP contribution >= 0.6 is 0 Å². The summed E-state index contributed by atoms with van der Waals surface area (Å²) in [7, 11) is 0. The summed E-state index contributed by atoms with van der Waals surface area (Å²) in [5.74, 6) is -1.19. The molecule has 2 aromatic heterocycles. The minimum Gasteiger partial charge on any atom is -0.458 e. The second-order valence-corrected chi connectivity index (χ2v) is 17.2. The Morgan fingerprint density at radius 3 is 1.69 bits per heavy atom. The minimum absolute atomic E-state index is 0.123. The third kappa shape index (κ3) is 4.10. The molecular weight excluding hydrogens is 664 g/mol. The van der Waals surface area contributed by atoms with Crippen LogP contribution in [-0.4, -0.2) is 69.0 Å². The lowest BCUT2D eigenvalue weighted by molar-refractivity contribution is -0.156. The molecule has 4 aliphatic carbocycles. The zero-order chi connectivity index (χ0) is 37.1. The summed E-state index contributed by atoms with van der Waals surface area (Å²) in [5, 5.41) is 43.7. The van der Waals surface area contributed by atoms with Gasteiger partial charge in [0.25, 0.3) is 0 Å². The number of hydrogen-bond acceptors (Lipinski definition) is 13. The Bertz CT molecular complexity index is 1980. The molecule has 0 radical (unpaired) electrons. The van der Waals surface area contributed by atoms with E-state index in [-0.39, 0.29) is 29.8 Å². The number of epoxide rings is 1. The first-order chi connectivity index (χ1) is 23.7. The molecule has 7 aliphatic rings. The highest BCUT2D eigenvalue weighted by molar-refractivity contribution is 5.82. The van der Waals surface area contributed by atoms with Crippen molar-refractivity contribution in [2.24, 2.45) is 22.7 Å². The van der Waals surface area contributed by atoms with E-state index in [1.807, 2.05) is 48.5 Å². The van der Waals surface area contributed by atoms with Gasteiger partial charge in [0, 0.05) is 57.8 Å². The number of carbonyl (C=O) groups is 2. The SMILES string of the molecule is CC(C)c1oc(=O)cc2c1C(O)C1OC(=O)C3(C)C(O)C4OC4C2(C)C13.CC(C)c1oc(=O)cc2c1C(O)C1OC(=O)C3(C)CCC(O)C2(C)C13. The van der Waals surface area contributed by atoms with Crippen molar-refractivity contribution in [3.8, 4) is 0 Å². The molecule has 0 aromatic carbocycles. The largest absolute Gasteiger partial charge is 0.458 e. The number of hydrogen-bond donors (Lipinski definition) is 4. The number of aliphatic hydroxyl groups is 4. The topological polar surface area (TPSA) is 206 Å². The number of aliphatic hydroxyl groups excluding tert-OH is 4. The third-order valence-electron chi connectivity index (χ3n) is 13.8. The summed E-state index contributed by atoms with van der Waals surface area (Å²) in [6.45, 7) is 14.9. The van der Waals surface area contributed by atoms with E-state index in [2.05, 4.69) is 0 Å². The van der Waals surface area contributed by atoms with Gasteiger partial charge in [-0.25, -0.2) is 9.59 Å². The number of carbonyl (C=O) groups excluding carboxylic acids is 2. The minimum atomic E-state index is -1.19. The summed E-state index contributed by atoms with van der Waals surface area (Å²) in [6.07, 6.45) is -5.32.